The standard InChI is InChI=1S/C9H15N/c1-7-3-5-9(6-4-7)8(2)10/h3,5,8H,4,6,10H2,1-2H3/t8-/m1/s1. The summed E-state index contributed by atoms with van der Waals surface area (Å²) >= 11 is 0. The van der Waals surface area contributed by atoms with Crippen molar-refractivity contribution >= 4 is 0 Å². The van der Waals surface area contributed by atoms with Gasteiger partial charge in [-0.15, -0.1) is 0 Å². The van der Waals surface area contributed by atoms with Crippen LogP contribution in [-0.4, -0.2) is 6.04 Å². The molecule has 0 radical (unpaired) electrons. The summed E-state index contributed by atoms with van der Waals surface area (Å²) in [4.78, 5) is 0. The summed E-state index contributed by atoms with van der Waals surface area (Å²) in [6.45, 7) is 4.20. The minimum Gasteiger partial charge on any atom is -0.324 e. The second-order valence-corrected chi connectivity index (χ2v) is 3.04. The molecule has 2 N–H and O–H groups in total. The third kappa shape index (κ3) is 1.71. The first kappa shape index (κ1) is 7.55. The van der Waals surface area contributed by atoms with E-state index in [1.807, 2.05) is 6.92 Å². The van der Waals surface area contributed by atoms with E-state index in [1.54, 1.807) is 0 Å². The molecule has 10 heavy (non-hydrogen) atoms. The number of rotatable bonds is 1. The molecule has 0 aliphatic heterocycles. The summed E-state index contributed by atoms with van der Waals surface area (Å²) in [5.74, 6) is 0. The van der Waals surface area contributed by atoms with E-state index in [-0.39, 0.29) is 6.04 Å². The van der Waals surface area contributed by atoms with Crippen molar-refractivity contribution in [3.63, 3.8) is 0 Å². The van der Waals surface area contributed by atoms with Gasteiger partial charge in [-0.3, -0.25) is 0 Å². The molecule has 0 aromatic heterocycles. The molecule has 0 bridgehead atoms. The third-order valence-electron chi connectivity index (χ3n) is 1.97. The normalized spacial score (nSPS) is 21.5. The monoisotopic (exact) mass is 137 g/mol. The lowest BCUT2D eigenvalue weighted by Gasteiger charge is -2.14. The number of allylic oxidation sites excluding steroid dienone is 3. The van der Waals surface area contributed by atoms with Crippen molar-refractivity contribution in [1.29, 1.82) is 0 Å². The molecule has 1 rings (SSSR count). The van der Waals surface area contributed by atoms with E-state index < -0.39 is 0 Å². The fourth-order valence-electron chi connectivity index (χ4n) is 1.14. The van der Waals surface area contributed by atoms with Crippen LogP contribution in [0.5, 0.6) is 0 Å². The molecule has 1 heteroatoms. The van der Waals surface area contributed by atoms with Crippen molar-refractivity contribution in [2.24, 2.45) is 5.73 Å². The van der Waals surface area contributed by atoms with Gasteiger partial charge in [0.05, 0.1) is 0 Å². The Morgan fingerprint density at radius 3 is 2.50 bits per heavy atom. The zero-order valence-electron chi connectivity index (χ0n) is 6.72. The maximum absolute atomic E-state index is 5.72. The average Bonchev–Trinajstić information content (AvgIpc) is 1.88. The Balaban J connectivity index is 2.64. The van der Waals surface area contributed by atoms with Crippen LogP contribution < -0.4 is 5.73 Å². The lowest BCUT2D eigenvalue weighted by atomic mass is 9.95. The van der Waals surface area contributed by atoms with Gasteiger partial charge in [-0.05, 0) is 26.7 Å². The van der Waals surface area contributed by atoms with E-state index >= 15 is 0 Å². The van der Waals surface area contributed by atoms with E-state index in [0.717, 1.165) is 6.42 Å². The van der Waals surface area contributed by atoms with E-state index in [1.165, 1.54) is 17.6 Å². The molecule has 0 unspecified atom stereocenters. The van der Waals surface area contributed by atoms with Crippen LogP contribution in [0.4, 0.5) is 0 Å². The molecular weight excluding hydrogens is 122 g/mol. The minimum atomic E-state index is 0.240. The molecule has 0 aromatic carbocycles. The first-order valence-corrected chi connectivity index (χ1v) is 3.82. The van der Waals surface area contributed by atoms with Crippen LogP contribution in [0.2, 0.25) is 0 Å². The van der Waals surface area contributed by atoms with Gasteiger partial charge < -0.3 is 5.73 Å². The Hall–Kier alpha value is -0.560. The Morgan fingerprint density at radius 2 is 2.10 bits per heavy atom. The number of hydrogen-bond donors (Lipinski definition) is 1. The molecule has 0 saturated carbocycles. The summed E-state index contributed by atoms with van der Waals surface area (Å²) in [5, 5.41) is 0. The van der Waals surface area contributed by atoms with Crippen LogP contribution in [0, 0.1) is 0 Å². The molecular formula is C9H15N. The van der Waals surface area contributed by atoms with Crippen LogP contribution in [0.25, 0.3) is 0 Å². The van der Waals surface area contributed by atoms with Crippen molar-refractivity contribution in [2.75, 3.05) is 0 Å². The SMILES string of the molecule is CC1=CC=C([C@@H](C)N)CC1. The number of nitrogens with two attached hydrogens (primary N) is 1. The van der Waals surface area contributed by atoms with E-state index in [9.17, 15) is 0 Å². The highest BCUT2D eigenvalue weighted by Gasteiger charge is 2.05. The molecule has 0 spiro atoms. The van der Waals surface area contributed by atoms with Gasteiger partial charge in [-0.1, -0.05) is 23.3 Å². The van der Waals surface area contributed by atoms with Crippen molar-refractivity contribution in [1.82, 2.24) is 0 Å². The Morgan fingerprint density at radius 1 is 1.40 bits per heavy atom. The van der Waals surface area contributed by atoms with Crippen molar-refractivity contribution in [2.45, 2.75) is 32.7 Å². The Labute approximate surface area is 62.6 Å². The predicted molar refractivity (Wildman–Crippen MR) is 44.7 cm³/mol. The topological polar surface area (TPSA) is 26.0 Å². The summed E-state index contributed by atoms with van der Waals surface area (Å²) in [7, 11) is 0. The highest BCUT2D eigenvalue weighted by atomic mass is 14.6. The first-order chi connectivity index (χ1) is 4.70. The molecule has 56 valence electrons. The zero-order valence-corrected chi connectivity index (χ0v) is 6.72. The molecule has 0 aromatic rings. The first-order valence-electron chi connectivity index (χ1n) is 3.82. The second kappa shape index (κ2) is 3.02. The average molecular weight is 137 g/mol. The quantitative estimate of drug-likeness (QED) is 0.587. The molecule has 1 nitrogen and oxygen atoms in total. The maximum Gasteiger partial charge on any atom is 0.0228 e. The van der Waals surface area contributed by atoms with Crippen molar-refractivity contribution < 1.29 is 0 Å². The second-order valence-electron chi connectivity index (χ2n) is 3.04. The summed E-state index contributed by atoms with van der Waals surface area (Å²) in [6.07, 6.45) is 6.67. The fraction of sp³-hybridized carbons (Fsp3) is 0.556. The molecule has 0 amide bonds. The van der Waals surface area contributed by atoms with Crippen LogP contribution >= 0.6 is 0 Å². The highest BCUT2D eigenvalue weighted by Crippen LogP contribution is 2.18. The molecule has 1 atom stereocenters. The van der Waals surface area contributed by atoms with Gasteiger partial charge in [0.15, 0.2) is 0 Å². The lowest BCUT2D eigenvalue weighted by Crippen LogP contribution is -2.18. The van der Waals surface area contributed by atoms with Gasteiger partial charge in [0, 0.05) is 6.04 Å². The van der Waals surface area contributed by atoms with Gasteiger partial charge in [-0.2, -0.15) is 0 Å². The van der Waals surface area contributed by atoms with Crippen LogP contribution in [0.3, 0.4) is 0 Å². The van der Waals surface area contributed by atoms with Crippen molar-refractivity contribution in [3.05, 3.63) is 23.3 Å². The van der Waals surface area contributed by atoms with Crippen LogP contribution in [0.15, 0.2) is 23.3 Å². The molecule has 1 aliphatic carbocycles. The largest absolute Gasteiger partial charge is 0.324 e. The Kier molecular flexibility index (Phi) is 2.28. The lowest BCUT2D eigenvalue weighted by molar-refractivity contribution is 0.766. The molecule has 1 aliphatic rings. The van der Waals surface area contributed by atoms with Crippen LogP contribution in [0.1, 0.15) is 26.7 Å². The predicted octanol–water partition coefficient (Wildman–Crippen LogP) is 2.00. The van der Waals surface area contributed by atoms with Gasteiger partial charge >= 0.3 is 0 Å². The summed E-state index contributed by atoms with van der Waals surface area (Å²) < 4.78 is 0. The summed E-state index contributed by atoms with van der Waals surface area (Å²) in [5.41, 5.74) is 8.56. The molecule has 0 saturated heterocycles. The van der Waals surface area contributed by atoms with Crippen LogP contribution in [-0.2, 0) is 0 Å². The fourth-order valence-corrected chi connectivity index (χ4v) is 1.14. The highest BCUT2D eigenvalue weighted by molar-refractivity contribution is 5.25. The van der Waals surface area contributed by atoms with Gasteiger partial charge in [0.1, 0.15) is 0 Å². The van der Waals surface area contributed by atoms with E-state index in [2.05, 4.69) is 19.1 Å². The minimum absolute atomic E-state index is 0.240. The number of hydrogen-bond acceptors (Lipinski definition) is 1. The Bertz CT molecular complexity index is 175. The van der Waals surface area contributed by atoms with Crippen molar-refractivity contribution in [3.8, 4) is 0 Å². The zero-order chi connectivity index (χ0) is 7.56. The van der Waals surface area contributed by atoms with E-state index in [4.69, 9.17) is 5.73 Å². The van der Waals surface area contributed by atoms with E-state index in [0.29, 0.717) is 0 Å². The summed E-state index contributed by atoms with van der Waals surface area (Å²) in [6, 6.07) is 0.240. The van der Waals surface area contributed by atoms with Gasteiger partial charge in [0.2, 0.25) is 0 Å². The van der Waals surface area contributed by atoms with Gasteiger partial charge in [-0.25, -0.2) is 0 Å². The molecule has 0 fully saturated rings. The smallest absolute Gasteiger partial charge is 0.0228 e. The van der Waals surface area contributed by atoms with Gasteiger partial charge in [0.25, 0.3) is 0 Å². The molecule has 0 heterocycles. The maximum atomic E-state index is 5.72. The third-order valence-corrected chi connectivity index (χ3v) is 1.97.